The number of rotatable bonds is 3. The normalized spacial score (nSPS) is 33.0. The lowest BCUT2D eigenvalue weighted by Crippen LogP contribution is -2.58. The van der Waals surface area contributed by atoms with Gasteiger partial charge >= 0.3 is 0 Å². The van der Waals surface area contributed by atoms with Crippen LogP contribution in [0.3, 0.4) is 0 Å². The number of benzene rings is 1. The summed E-state index contributed by atoms with van der Waals surface area (Å²) in [6.45, 7) is 9.54. The Morgan fingerprint density at radius 3 is 2.95 bits per heavy atom. The maximum absolute atomic E-state index is 9.84. The number of hydrogen-bond acceptors (Lipinski definition) is 2. The minimum absolute atomic E-state index is 0.236. The number of phenols is 1. The zero-order valence-corrected chi connectivity index (χ0v) is 13.0. The van der Waals surface area contributed by atoms with Gasteiger partial charge in [0.2, 0.25) is 0 Å². The molecule has 1 heterocycles. The van der Waals surface area contributed by atoms with Crippen molar-refractivity contribution in [2.75, 3.05) is 13.1 Å². The molecule has 0 spiro atoms. The van der Waals surface area contributed by atoms with E-state index in [1.807, 2.05) is 12.1 Å². The summed E-state index contributed by atoms with van der Waals surface area (Å²) in [4.78, 5) is 2.71. The molecule has 110 valence electrons. The van der Waals surface area contributed by atoms with Crippen molar-refractivity contribution in [2.45, 2.75) is 57.9 Å². The van der Waals surface area contributed by atoms with Crippen LogP contribution in [0.25, 0.3) is 0 Å². The maximum atomic E-state index is 9.84. The van der Waals surface area contributed by atoms with E-state index in [1.54, 1.807) is 0 Å². The third-order valence-electron chi connectivity index (χ3n) is 5.91. The molecule has 2 bridgehead atoms. The highest BCUT2D eigenvalue weighted by Crippen LogP contribution is 2.49. The van der Waals surface area contributed by atoms with Gasteiger partial charge in [-0.15, -0.1) is 0 Å². The highest BCUT2D eigenvalue weighted by atomic mass is 16.3. The topological polar surface area (TPSA) is 23.5 Å². The number of likely N-dealkylation sites (tertiary alicyclic amines) is 1. The first-order valence-corrected chi connectivity index (χ1v) is 8.12. The largest absolute Gasteiger partial charge is 0.508 e. The Hall–Kier alpha value is -1.02. The Balaban J connectivity index is 1.95. The average Bonchev–Trinajstić information content (AvgIpc) is 2.43. The molecule has 0 amide bonds. The van der Waals surface area contributed by atoms with E-state index >= 15 is 0 Å². The molecule has 1 aliphatic carbocycles. The Morgan fingerprint density at radius 1 is 1.40 bits per heavy atom. The van der Waals surface area contributed by atoms with Crippen molar-refractivity contribution in [3.8, 4) is 5.75 Å². The number of phenolic OH excluding ortho intramolecular Hbond substituents is 1. The quantitative estimate of drug-likeness (QED) is 0.907. The molecule has 0 saturated carbocycles. The summed E-state index contributed by atoms with van der Waals surface area (Å²) < 4.78 is 0. The molecule has 2 nitrogen and oxygen atoms in total. The van der Waals surface area contributed by atoms with Crippen molar-refractivity contribution in [1.82, 2.24) is 4.90 Å². The first-order valence-electron chi connectivity index (χ1n) is 8.12. The van der Waals surface area contributed by atoms with Gasteiger partial charge in [0, 0.05) is 6.04 Å². The van der Waals surface area contributed by atoms with Crippen molar-refractivity contribution < 1.29 is 5.11 Å². The fourth-order valence-electron chi connectivity index (χ4n) is 4.33. The Bertz CT molecular complexity index is 498. The smallest absolute Gasteiger partial charge is 0.115 e. The van der Waals surface area contributed by atoms with Crippen LogP contribution in [0.1, 0.15) is 51.2 Å². The molecule has 0 aromatic heterocycles. The van der Waals surface area contributed by atoms with Gasteiger partial charge in [0.15, 0.2) is 0 Å². The van der Waals surface area contributed by atoms with E-state index < -0.39 is 0 Å². The van der Waals surface area contributed by atoms with Crippen molar-refractivity contribution in [3.63, 3.8) is 0 Å². The molecule has 3 atom stereocenters. The van der Waals surface area contributed by atoms with Crippen molar-refractivity contribution in [1.29, 1.82) is 0 Å². The number of fused-ring (bicyclic) bond motifs is 4. The van der Waals surface area contributed by atoms with E-state index in [0.717, 1.165) is 6.42 Å². The van der Waals surface area contributed by atoms with Gasteiger partial charge in [-0.2, -0.15) is 0 Å². The SMILES string of the molecule is CCCCN1CCC2(C)c3cc(O)ccc3CC1C2C. The molecule has 2 aliphatic rings. The van der Waals surface area contributed by atoms with E-state index in [-0.39, 0.29) is 5.41 Å². The highest BCUT2D eigenvalue weighted by molar-refractivity contribution is 5.44. The van der Waals surface area contributed by atoms with Crippen LogP contribution in [0, 0.1) is 5.92 Å². The standard InChI is InChI=1S/C18H27NO/c1-4-5-9-19-10-8-18(3)13(2)17(19)11-14-6-7-15(20)12-16(14)18/h6-7,12-13,17,20H,4-5,8-11H2,1-3H3. The summed E-state index contributed by atoms with van der Waals surface area (Å²) in [5.74, 6) is 1.09. The van der Waals surface area contributed by atoms with E-state index in [0.29, 0.717) is 17.7 Å². The number of piperidine rings is 1. The molecule has 1 aromatic rings. The third-order valence-corrected chi connectivity index (χ3v) is 5.91. The summed E-state index contributed by atoms with van der Waals surface area (Å²) in [7, 11) is 0. The first-order chi connectivity index (χ1) is 9.56. The summed E-state index contributed by atoms with van der Waals surface area (Å²) in [5.41, 5.74) is 3.09. The zero-order chi connectivity index (χ0) is 14.3. The lowest BCUT2D eigenvalue weighted by atomic mass is 9.59. The lowest BCUT2D eigenvalue weighted by Gasteiger charge is -2.54. The molecule has 1 aromatic carbocycles. The van der Waals surface area contributed by atoms with Crippen LogP contribution >= 0.6 is 0 Å². The van der Waals surface area contributed by atoms with Gasteiger partial charge in [0.05, 0.1) is 0 Å². The number of aromatic hydroxyl groups is 1. The first kappa shape index (κ1) is 13.9. The van der Waals surface area contributed by atoms with Gasteiger partial charge in [0.25, 0.3) is 0 Å². The van der Waals surface area contributed by atoms with Gasteiger partial charge < -0.3 is 5.11 Å². The molecule has 1 aliphatic heterocycles. The molecule has 0 radical (unpaired) electrons. The van der Waals surface area contributed by atoms with E-state index in [4.69, 9.17) is 0 Å². The molecule has 2 heteroatoms. The predicted molar refractivity (Wildman–Crippen MR) is 83.2 cm³/mol. The van der Waals surface area contributed by atoms with Crippen molar-refractivity contribution >= 4 is 0 Å². The summed E-state index contributed by atoms with van der Waals surface area (Å²) >= 11 is 0. The van der Waals surface area contributed by atoms with Crippen LogP contribution < -0.4 is 0 Å². The molecular weight excluding hydrogens is 246 g/mol. The number of nitrogens with zero attached hydrogens (tertiary/aromatic N) is 1. The maximum Gasteiger partial charge on any atom is 0.115 e. The van der Waals surface area contributed by atoms with Crippen LogP contribution in [0.4, 0.5) is 0 Å². The Morgan fingerprint density at radius 2 is 2.20 bits per heavy atom. The fourth-order valence-corrected chi connectivity index (χ4v) is 4.33. The summed E-state index contributed by atoms with van der Waals surface area (Å²) in [6, 6.07) is 6.69. The Labute approximate surface area is 122 Å². The summed E-state index contributed by atoms with van der Waals surface area (Å²) in [6.07, 6.45) is 4.95. The van der Waals surface area contributed by atoms with Gasteiger partial charge in [-0.25, -0.2) is 0 Å². The van der Waals surface area contributed by atoms with Gasteiger partial charge in [-0.3, -0.25) is 4.90 Å². The summed E-state index contributed by atoms with van der Waals surface area (Å²) in [5, 5.41) is 9.84. The second-order valence-corrected chi connectivity index (χ2v) is 6.96. The molecule has 3 rings (SSSR count). The van der Waals surface area contributed by atoms with Crippen LogP contribution in [-0.4, -0.2) is 29.1 Å². The van der Waals surface area contributed by atoms with Crippen LogP contribution in [0.2, 0.25) is 0 Å². The fraction of sp³-hybridized carbons (Fsp3) is 0.667. The van der Waals surface area contributed by atoms with Gasteiger partial charge in [-0.1, -0.05) is 33.3 Å². The average molecular weight is 273 g/mol. The Kier molecular flexibility index (Phi) is 3.53. The number of unbranched alkanes of at least 4 members (excludes halogenated alkanes) is 1. The van der Waals surface area contributed by atoms with Crippen molar-refractivity contribution in [3.05, 3.63) is 29.3 Å². The zero-order valence-electron chi connectivity index (χ0n) is 13.0. The van der Waals surface area contributed by atoms with Crippen LogP contribution in [0.5, 0.6) is 5.75 Å². The highest BCUT2D eigenvalue weighted by Gasteiger charge is 2.48. The minimum Gasteiger partial charge on any atom is -0.508 e. The second kappa shape index (κ2) is 5.07. The van der Waals surface area contributed by atoms with Crippen LogP contribution in [-0.2, 0) is 11.8 Å². The second-order valence-electron chi connectivity index (χ2n) is 6.96. The molecule has 1 fully saturated rings. The van der Waals surface area contributed by atoms with E-state index in [2.05, 4.69) is 31.7 Å². The minimum atomic E-state index is 0.236. The van der Waals surface area contributed by atoms with Gasteiger partial charge in [-0.05, 0) is 66.9 Å². The molecule has 20 heavy (non-hydrogen) atoms. The number of hydrogen-bond donors (Lipinski definition) is 1. The van der Waals surface area contributed by atoms with E-state index in [9.17, 15) is 5.11 Å². The van der Waals surface area contributed by atoms with Crippen molar-refractivity contribution in [2.24, 2.45) is 5.92 Å². The molecular formula is C18H27NO. The predicted octanol–water partition coefficient (Wildman–Crippen LogP) is 3.72. The van der Waals surface area contributed by atoms with E-state index in [1.165, 1.54) is 43.5 Å². The third kappa shape index (κ3) is 2.05. The monoisotopic (exact) mass is 273 g/mol. The molecule has 1 N–H and O–H groups in total. The molecule has 1 saturated heterocycles. The lowest BCUT2D eigenvalue weighted by molar-refractivity contribution is 0.0306. The molecule has 3 unspecified atom stereocenters. The van der Waals surface area contributed by atoms with Gasteiger partial charge in [0.1, 0.15) is 5.75 Å². The van der Waals surface area contributed by atoms with Crippen LogP contribution in [0.15, 0.2) is 18.2 Å².